The van der Waals surface area contributed by atoms with Crippen LogP contribution >= 0.6 is 0 Å². The van der Waals surface area contributed by atoms with E-state index in [0.29, 0.717) is 19.6 Å². The van der Waals surface area contributed by atoms with Crippen LogP contribution in [0.2, 0.25) is 0 Å². The normalized spacial score (nSPS) is 21.0. The van der Waals surface area contributed by atoms with Gasteiger partial charge in [-0.1, -0.05) is 18.6 Å². The summed E-state index contributed by atoms with van der Waals surface area (Å²) in [6, 6.07) is 7.60. The van der Waals surface area contributed by atoms with E-state index in [1.165, 1.54) is 6.42 Å². The van der Waals surface area contributed by atoms with E-state index in [2.05, 4.69) is 10.6 Å². The van der Waals surface area contributed by atoms with E-state index in [-0.39, 0.29) is 12.6 Å². The Morgan fingerprint density at radius 1 is 1.11 bits per heavy atom. The van der Waals surface area contributed by atoms with Crippen molar-refractivity contribution in [2.45, 2.75) is 50.4 Å². The van der Waals surface area contributed by atoms with Gasteiger partial charge < -0.3 is 24.8 Å². The third kappa shape index (κ3) is 5.43. The first-order valence-electron chi connectivity index (χ1n) is 9.61. The first kappa shape index (κ1) is 19.6. The zero-order valence-corrected chi connectivity index (χ0v) is 15.8. The number of benzene rings is 1. The van der Waals surface area contributed by atoms with Crippen molar-refractivity contribution in [1.29, 1.82) is 0 Å². The predicted octanol–water partition coefficient (Wildman–Crippen LogP) is 1.55. The number of carbonyl (C=O) groups excluding carboxylic acids is 2. The molecule has 2 fully saturated rings. The van der Waals surface area contributed by atoms with Crippen LogP contribution in [-0.2, 0) is 25.5 Å². The number of carbonyl (C=O) groups is 2. The fraction of sp³-hybridized carbons (Fsp3) is 0.600. The van der Waals surface area contributed by atoms with E-state index in [1.54, 1.807) is 7.11 Å². The van der Waals surface area contributed by atoms with Gasteiger partial charge in [0.15, 0.2) is 5.79 Å². The molecular weight excluding hydrogens is 348 g/mol. The van der Waals surface area contributed by atoms with Gasteiger partial charge in [0.1, 0.15) is 11.9 Å². The molecule has 1 saturated carbocycles. The minimum absolute atomic E-state index is 0.195. The van der Waals surface area contributed by atoms with Crippen molar-refractivity contribution in [3.05, 3.63) is 29.8 Å². The zero-order chi connectivity index (χ0) is 19.1. The maximum Gasteiger partial charge on any atom is 0.309 e. The smallest absolute Gasteiger partial charge is 0.309 e. The topological polar surface area (TPSA) is 85.9 Å². The van der Waals surface area contributed by atoms with Crippen molar-refractivity contribution in [1.82, 2.24) is 10.6 Å². The minimum atomic E-state index is -0.641. The van der Waals surface area contributed by atoms with E-state index in [9.17, 15) is 9.59 Å². The Labute approximate surface area is 159 Å². The summed E-state index contributed by atoms with van der Waals surface area (Å²) >= 11 is 0. The maximum atomic E-state index is 12.0. The highest BCUT2D eigenvalue weighted by Crippen LogP contribution is 2.37. The van der Waals surface area contributed by atoms with Crippen LogP contribution in [-0.4, -0.2) is 50.5 Å². The zero-order valence-electron chi connectivity index (χ0n) is 15.8. The van der Waals surface area contributed by atoms with Gasteiger partial charge in [-0.3, -0.25) is 9.59 Å². The molecule has 7 heteroatoms. The van der Waals surface area contributed by atoms with Crippen molar-refractivity contribution in [3.8, 4) is 5.75 Å². The first-order chi connectivity index (χ1) is 13.1. The molecule has 2 aliphatic rings. The Balaban J connectivity index is 1.33. The van der Waals surface area contributed by atoms with Crippen LogP contribution in [0.4, 0.5) is 0 Å². The van der Waals surface area contributed by atoms with Gasteiger partial charge in [-0.25, -0.2) is 0 Å². The monoisotopic (exact) mass is 376 g/mol. The molecule has 1 saturated heterocycles. The number of methoxy groups -OCH3 is 1. The number of hydrogen-bond acceptors (Lipinski definition) is 5. The van der Waals surface area contributed by atoms with E-state index in [1.807, 2.05) is 24.3 Å². The summed E-state index contributed by atoms with van der Waals surface area (Å²) in [4.78, 5) is 23.9. The maximum absolute atomic E-state index is 12.0. The SMILES string of the molecule is COc1ccc(CCNC(=O)C(=O)NC[C@@H]2COC3(CCCCC3)O2)cc1. The van der Waals surface area contributed by atoms with Crippen LogP contribution in [0.15, 0.2) is 24.3 Å². The molecule has 2 amide bonds. The quantitative estimate of drug-likeness (QED) is 0.736. The molecular formula is C20H28N2O5. The molecule has 1 aliphatic heterocycles. The molecule has 2 N–H and O–H groups in total. The molecule has 7 nitrogen and oxygen atoms in total. The Hall–Kier alpha value is -2.12. The fourth-order valence-electron chi connectivity index (χ4n) is 3.55. The number of hydrogen-bond donors (Lipinski definition) is 2. The van der Waals surface area contributed by atoms with Crippen molar-refractivity contribution < 1.29 is 23.8 Å². The third-order valence-electron chi connectivity index (χ3n) is 5.08. The molecule has 0 aromatic heterocycles. The molecule has 1 atom stereocenters. The lowest BCUT2D eigenvalue weighted by Crippen LogP contribution is -2.44. The second-order valence-electron chi connectivity index (χ2n) is 7.09. The highest BCUT2D eigenvalue weighted by atomic mass is 16.7. The Kier molecular flexibility index (Phi) is 6.68. The van der Waals surface area contributed by atoms with Gasteiger partial charge in [0.2, 0.25) is 0 Å². The lowest BCUT2D eigenvalue weighted by atomic mass is 9.94. The summed E-state index contributed by atoms with van der Waals surface area (Å²) in [6.45, 7) is 1.14. The highest BCUT2D eigenvalue weighted by molar-refractivity contribution is 6.35. The lowest BCUT2D eigenvalue weighted by Gasteiger charge is -2.31. The molecule has 1 heterocycles. The number of amides is 2. The average molecular weight is 376 g/mol. The molecule has 0 bridgehead atoms. The first-order valence-corrected chi connectivity index (χ1v) is 9.61. The largest absolute Gasteiger partial charge is 0.497 e. The summed E-state index contributed by atoms with van der Waals surface area (Å²) in [5, 5.41) is 5.28. The van der Waals surface area contributed by atoms with Gasteiger partial charge in [-0.2, -0.15) is 0 Å². The molecule has 1 aromatic rings. The van der Waals surface area contributed by atoms with E-state index in [4.69, 9.17) is 14.2 Å². The van der Waals surface area contributed by atoms with Crippen molar-refractivity contribution >= 4 is 11.8 Å². The third-order valence-corrected chi connectivity index (χ3v) is 5.08. The number of nitrogens with one attached hydrogen (secondary N) is 2. The van der Waals surface area contributed by atoms with Gasteiger partial charge >= 0.3 is 11.8 Å². The molecule has 148 valence electrons. The van der Waals surface area contributed by atoms with E-state index in [0.717, 1.165) is 37.0 Å². The van der Waals surface area contributed by atoms with Crippen LogP contribution in [0.1, 0.15) is 37.7 Å². The second kappa shape index (κ2) is 9.19. The summed E-state index contributed by atoms with van der Waals surface area (Å²) in [5.74, 6) is -0.947. The Bertz CT molecular complexity index is 640. The van der Waals surface area contributed by atoms with E-state index < -0.39 is 17.6 Å². The molecule has 0 radical (unpaired) electrons. The molecule has 3 rings (SSSR count). The summed E-state index contributed by atoms with van der Waals surface area (Å²) in [7, 11) is 1.62. The van der Waals surface area contributed by atoms with Gasteiger partial charge in [-0.05, 0) is 37.0 Å². The standard InChI is InChI=1S/C20H28N2O5/c1-25-16-7-5-15(6-8-16)9-12-21-18(23)19(24)22-13-17-14-26-20(27-17)10-3-2-4-11-20/h5-8,17H,2-4,9-14H2,1H3,(H,21,23)(H,22,24)/t17-/m1/s1. The van der Waals surface area contributed by atoms with Crippen LogP contribution in [0.3, 0.4) is 0 Å². The molecule has 1 aliphatic carbocycles. The van der Waals surface area contributed by atoms with Gasteiger partial charge in [0, 0.05) is 25.9 Å². The second-order valence-corrected chi connectivity index (χ2v) is 7.09. The van der Waals surface area contributed by atoms with E-state index >= 15 is 0 Å². The minimum Gasteiger partial charge on any atom is -0.497 e. The van der Waals surface area contributed by atoms with Crippen LogP contribution in [0.5, 0.6) is 5.75 Å². The van der Waals surface area contributed by atoms with Gasteiger partial charge in [-0.15, -0.1) is 0 Å². The molecule has 1 aromatic carbocycles. The summed E-state index contributed by atoms with van der Waals surface area (Å²) < 4.78 is 16.9. The lowest BCUT2D eigenvalue weighted by molar-refractivity contribution is -0.186. The highest BCUT2D eigenvalue weighted by Gasteiger charge is 2.42. The van der Waals surface area contributed by atoms with Crippen molar-refractivity contribution in [2.75, 3.05) is 26.8 Å². The van der Waals surface area contributed by atoms with Crippen molar-refractivity contribution in [3.63, 3.8) is 0 Å². The van der Waals surface area contributed by atoms with Crippen LogP contribution in [0, 0.1) is 0 Å². The average Bonchev–Trinajstić information content (AvgIpc) is 3.09. The Morgan fingerprint density at radius 2 is 1.81 bits per heavy atom. The van der Waals surface area contributed by atoms with Gasteiger partial charge in [0.25, 0.3) is 0 Å². The van der Waals surface area contributed by atoms with Gasteiger partial charge in [0.05, 0.1) is 13.7 Å². The Morgan fingerprint density at radius 3 is 2.52 bits per heavy atom. The number of ether oxygens (including phenoxy) is 3. The summed E-state index contributed by atoms with van der Waals surface area (Å²) in [5.41, 5.74) is 1.06. The van der Waals surface area contributed by atoms with Crippen LogP contribution in [0.25, 0.3) is 0 Å². The summed E-state index contributed by atoms with van der Waals surface area (Å²) in [6.07, 6.45) is 5.69. The predicted molar refractivity (Wildman–Crippen MR) is 99.4 cm³/mol. The fourth-order valence-corrected chi connectivity index (χ4v) is 3.55. The molecule has 1 spiro atoms. The molecule has 0 unspecified atom stereocenters. The van der Waals surface area contributed by atoms with Crippen molar-refractivity contribution in [2.24, 2.45) is 0 Å². The number of rotatable bonds is 6. The van der Waals surface area contributed by atoms with Crippen LogP contribution < -0.4 is 15.4 Å². The molecule has 27 heavy (non-hydrogen) atoms.